The second-order valence-corrected chi connectivity index (χ2v) is 6.86. The molecule has 110 valence electrons. The highest BCUT2D eigenvalue weighted by Crippen LogP contribution is 2.22. The first-order valence-corrected chi connectivity index (χ1v) is 8.34. The third-order valence-electron chi connectivity index (χ3n) is 3.38. The van der Waals surface area contributed by atoms with Gasteiger partial charge in [0.05, 0.1) is 0 Å². The summed E-state index contributed by atoms with van der Waals surface area (Å²) in [5, 5.41) is 0.249. The fourth-order valence-electron chi connectivity index (χ4n) is 2.34. The first kappa shape index (κ1) is 14.3. The zero-order chi connectivity index (χ0) is 14.9. The summed E-state index contributed by atoms with van der Waals surface area (Å²) in [6, 6.07) is 12.7. The summed E-state index contributed by atoms with van der Waals surface area (Å²) in [5.41, 5.74) is 2.23. The zero-order valence-corrected chi connectivity index (χ0v) is 12.7. The van der Waals surface area contributed by atoms with Gasteiger partial charge in [-0.3, -0.25) is 4.72 Å². The maximum atomic E-state index is 12.4. The van der Waals surface area contributed by atoms with Crippen LogP contribution in [0.15, 0.2) is 42.5 Å². The molecule has 0 atom stereocenters. The van der Waals surface area contributed by atoms with Crippen LogP contribution in [0.2, 0.25) is 5.15 Å². The van der Waals surface area contributed by atoms with Crippen molar-refractivity contribution >= 4 is 27.6 Å². The molecule has 0 spiro atoms. The van der Waals surface area contributed by atoms with E-state index in [2.05, 4.69) is 9.71 Å². The van der Waals surface area contributed by atoms with Gasteiger partial charge in [-0.25, -0.2) is 4.98 Å². The molecule has 21 heavy (non-hydrogen) atoms. The van der Waals surface area contributed by atoms with E-state index >= 15 is 0 Å². The lowest BCUT2D eigenvalue weighted by Gasteiger charge is -2.28. The highest BCUT2D eigenvalue weighted by atomic mass is 35.5. The van der Waals surface area contributed by atoms with Crippen molar-refractivity contribution in [1.82, 2.24) is 9.29 Å². The Labute approximate surface area is 128 Å². The average molecular weight is 324 g/mol. The van der Waals surface area contributed by atoms with E-state index in [1.807, 2.05) is 24.3 Å². The van der Waals surface area contributed by atoms with Crippen LogP contribution in [0.3, 0.4) is 0 Å². The molecule has 1 aromatic carbocycles. The van der Waals surface area contributed by atoms with E-state index in [9.17, 15) is 8.42 Å². The Kier molecular flexibility index (Phi) is 3.84. The van der Waals surface area contributed by atoms with Crippen LogP contribution in [-0.4, -0.2) is 24.3 Å². The van der Waals surface area contributed by atoms with E-state index in [0.717, 1.165) is 5.56 Å². The van der Waals surface area contributed by atoms with Gasteiger partial charge in [-0.2, -0.15) is 12.7 Å². The highest BCUT2D eigenvalue weighted by molar-refractivity contribution is 7.90. The molecule has 1 aliphatic heterocycles. The Balaban J connectivity index is 1.80. The predicted molar refractivity (Wildman–Crippen MR) is 82.3 cm³/mol. The zero-order valence-electron chi connectivity index (χ0n) is 11.2. The van der Waals surface area contributed by atoms with Crippen molar-refractivity contribution in [2.24, 2.45) is 0 Å². The number of pyridine rings is 1. The molecule has 3 rings (SSSR count). The molecule has 1 aromatic heterocycles. The summed E-state index contributed by atoms with van der Waals surface area (Å²) >= 11 is 5.77. The maximum Gasteiger partial charge on any atom is 0.303 e. The van der Waals surface area contributed by atoms with Crippen molar-refractivity contribution in [3.05, 3.63) is 58.7 Å². The molecule has 2 heterocycles. The number of aromatic nitrogens is 1. The van der Waals surface area contributed by atoms with Crippen molar-refractivity contribution in [3.63, 3.8) is 0 Å². The van der Waals surface area contributed by atoms with Gasteiger partial charge in [0.2, 0.25) is 0 Å². The first-order valence-electron chi connectivity index (χ1n) is 6.52. The van der Waals surface area contributed by atoms with E-state index in [4.69, 9.17) is 11.6 Å². The number of halogens is 1. The quantitative estimate of drug-likeness (QED) is 0.883. The largest absolute Gasteiger partial charge is 0.303 e. The summed E-state index contributed by atoms with van der Waals surface area (Å²) < 4.78 is 28.7. The average Bonchev–Trinajstić information content (AvgIpc) is 2.46. The van der Waals surface area contributed by atoms with Gasteiger partial charge in [-0.15, -0.1) is 0 Å². The first-order chi connectivity index (χ1) is 10.0. The Bertz CT molecular complexity index is 764. The molecular formula is C14H14ClN3O2S. The number of rotatable bonds is 3. The molecule has 1 aliphatic rings. The van der Waals surface area contributed by atoms with Crippen LogP contribution in [0.1, 0.15) is 11.1 Å². The van der Waals surface area contributed by atoms with Crippen LogP contribution < -0.4 is 4.72 Å². The van der Waals surface area contributed by atoms with Crippen molar-refractivity contribution in [2.75, 3.05) is 11.3 Å². The van der Waals surface area contributed by atoms with E-state index in [1.165, 1.54) is 9.87 Å². The molecule has 7 heteroatoms. The van der Waals surface area contributed by atoms with Crippen LogP contribution in [0.25, 0.3) is 0 Å². The molecule has 0 bridgehead atoms. The monoisotopic (exact) mass is 323 g/mol. The summed E-state index contributed by atoms with van der Waals surface area (Å²) in [7, 11) is -3.63. The number of anilines is 1. The van der Waals surface area contributed by atoms with E-state index in [1.54, 1.807) is 18.2 Å². The number of nitrogens with zero attached hydrogens (tertiary/aromatic N) is 2. The second kappa shape index (κ2) is 5.63. The van der Waals surface area contributed by atoms with Gasteiger partial charge < -0.3 is 0 Å². The molecule has 0 amide bonds. The number of hydrogen-bond donors (Lipinski definition) is 1. The van der Waals surface area contributed by atoms with Crippen LogP contribution in [-0.2, 0) is 23.2 Å². The van der Waals surface area contributed by atoms with Gasteiger partial charge in [0, 0.05) is 13.1 Å². The van der Waals surface area contributed by atoms with Crippen LogP contribution in [0.5, 0.6) is 0 Å². The van der Waals surface area contributed by atoms with E-state index < -0.39 is 10.2 Å². The molecule has 0 unspecified atom stereocenters. The van der Waals surface area contributed by atoms with Crippen molar-refractivity contribution in [1.29, 1.82) is 0 Å². The van der Waals surface area contributed by atoms with Gasteiger partial charge >= 0.3 is 10.2 Å². The fraction of sp³-hybridized carbons (Fsp3) is 0.214. The SMILES string of the molecule is O=S(=O)(Nc1cccc(Cl)n1)N1CCc2ccccc2C1. The van der Waals surface area contributed by atoms with Gasteiger partial charge in [0.15, 0.2) is 0 Å². The van der Waals surface area contributed by atoms with Crippen molar-refractivity contribution < 1.29 is 8.42 Å². The lowest BCUT2D eigenvalue weighted by atomic mass is 10.0. The maximum absolute atomic E-state index is 12.4. The van der Waals surface area contributed by atoms with Crippen LogP contribution in [0.4, 0.5) is 5.82 Å². The van der Waals surface area contributed by atoms with Crippen molar-refractivity contribution in [3.8, 4) is 0 Å². The normalized spacial score (nSPS) is 15.5. The van der Waals surface area contributed by atoms with Crippen LogP contribution in [0, 0.1) is 0 Å². The Morgan fingerprint density at radius 2 is 1.86 bits per heavy atom. The molecule has 1 N–H and O–H groups in total. The van der Waals surface area contributed by atoms with E-state index in [-0.39, 0.29) is 11.0 Å². The van der Waals surface area contributed by atoms with Gasteiger partial charge in [-0.1, -0.05) is 41.9 Å². The van der Waals surface area contributed by atoms with Gasteiger partial charge in [0.25, 0.3) is 0 Å². The molecule has 5 nitrogen and oxygen atoms in total. The van der Waals surface area contributed by atoms with E-state index in [0.29, 0.717) is 19.5 Å². The topological polar surface area (TPSA) is 62.3 Å². The molecule has 2 aromatic rings. The number of hydrogen-bond acceptors (Lipinski definition) is 3. The number of nitrogens with one attached hydrogen (secondary N) is 1. The summed E-state index contributed by atoms with van der Waals surface area (Å²) in [6.07, 6.45) is 0.708. The molecule has 0 saturated carbocycles. The van der Waals surface area contributed by atoms with Gasteiger partial charge in [0.1, 0.15) is 11.0 Å². The predicted octanol–water partition coefficient (Wildman–Crippen LogP) is 2.45. The number of fused-ring (bicyclic) bond motifs is 1. The Hall–Kier alpha value is -1.63. The third-order valence-corrected chi connectivity index (χ3v) is 5.05. The second-order valence-electron chi connectivity index (χ2n) is 4.80. The minimum absolute atomic E-state index is 0.223. The third kappa shape index (κ3) is 3.18. The molecular weight excluding hydrogens is 310 g/mol. The van der Waals surface area contributed by atoms with Crippen LogP contribution >= 0.6 is 11.6 Å². The summed E-state index contributed by atoms with van der Waals surface area (Å²) in [6.45, 7) is 0.818. The molecule has 0 aliphatic carbocycles. The molecule has 0 radical (unpaired) electrons. The summed E-state index contributed by atoms with van der Waals surface area (Å²) in [5.74, 6) is 0.223. The molecule has 0 fully saturated rings. The highest BCUT2D eigenvalue weighted by Gasteiger charge is 2.26. The number of benzene rings is 1. The van der Waals surface area contributed by atoms with Gasteiger partial charge in [-0.05, 0) is 29.7 Å². The Morgan fingerprint density at radius 1 is 1.10 bits per heavy atom. The minimum Gasteiger partial charge on any atom is -0.254 e. The molecule has 0 saturated heterocycles. The minimum atomic E-state index is -3.63. The van der Waals surface area contributed by atoms with Crippen molar-refractivity contribution in [2.45, 2.75) is 13.0 Å². The lowest BCUT2D eigenvalue weighted by Crippen LogP contribution is -2.39. The fourth-order valence-corrected chi connectivity index (χ4v) is 3.65. The smallest absolute Gasteiger partial charge is 0.254 e. The lowest BCUT2D eigenvalue weighted by molar-refractivity contribution is 0.394. The summed E-state index contributed by atoms with van der Waals surface area (Å²) in [4.78, 5) is 3.95. The standard InChI is InChI=1S/C14H14ClN3O2S/c15-13-6-3-7-14(16-13)17-21(19,20)18-9-8-11-4-1-2-5-12(11)10-18/h1-7H,8-10H2,(H,16,17). The Morgan fingerprint density at radius 3 is 2.62 bits per heavy atom.